The predicted molar refractivity (Wildman–Crippen MR) is 61.1 cm³/mol. The van der Waals surface area contributed by atoms with E-state index in [0.29, 0.717) is 23.4 Å². The Hall–Kier alpha value is -1.23. The van der Waals surface area contributed by atoms with Gasteiger partial charge >= 0.3 is 12.1 Å². The lowest BCUT2D eigenvalue weighted by molar-refractivity contribution is -0.186. The minimum atomic E-state index is -4.81. The van der Waals surface area contributed by atoms with Gasteiger partial charge in [0.05, 0.1) is 0 Å². The van der Waals surface area contributed by atoms with E-state index in [4.69, 9.17) is 11.6 Å². The summed E-state index contributed by atoms with van der Waals surface area (Å²) in [6.07, 6.45) is -3.54. The highest BCUT2D eigenvalue weighted by atomic mass is 35.5. The SMILES string of the molecule is O=C(N(Cc1ccc(Cl)cc1)C1CC1)C(F)(F)F. The Labute approximate surface area is 107 Å². The summed E-state index contributed by atoms with van der Waals surface area (Å²) in [4.78, 5) is 12.2. The van der Waals surface area contributed by atoms with Crippen molar-refractivity contribution in [2.75, 3.05) is 0 Å². The Bertz CT molecular complexity index is 440. The van der Waals surface area contributed by atoms with Gasteiger partial charge in [0.2, 0.25) is 0 Å². The van der Waals surface area contributed by atoms with Crippen LogP contribution in [0.5, 0.6) is 0 Å². The van der Waals surface area contributed by atoms with Gasteiger partial charge in [0.15, 0.2) is 0 Å². The average Bonchev–Trinajstić information content (AvgIpc) is 3.10. The highest BCUT2D eigenvalue weighted by Gasteiger charge is 2.46. The lowest BCUT2D eigenvalue weighted by atomic mass is 10.2. The molecule has 2 rings (SSSR count). The number of halogens is 4. The predicted octanol–water partition coefficient (Wildman–Crippen LogP) is 3.39. The zero-order valence-electron chi connectivity index (χ0n) is 9.38. The van der Waals surface area contributed by atoms with Gasteiger partial charge in [-0.05, 0) is 30.5 Å². The van der Waals surface area contributed by atoms with Crippen LogP contribution in [0.1, 0.15) is 18.4 Å². The minimum Gasteiger partial charge on any atom is -0.328 e. The smallest absolute Gasteiger partial charge is 0.328 e. The van der Waals surface area contributed by atoms with Gasteiger partial charge in [0.1, 0.15) is 0 Å². The molecule has 2 nitrogen and oxygen atoms in total. The maximum atomic E-state index is 12.4. The number of benzene rings is 1. The molecule has 0 spiro atoms. The molecule has 98 valence electrons. The zero-order valence-corrected chi connectivity index (χ0v) is 10.1. The molecule has 0 saturated heterocycles. The van der Waals surface area contributed by atoms with E-state index in [1.807, 2.05) is 0 Å². The van der Waals surface area contributed by atoms with E-state index < -0.39 is 12.1 Å². The Balaban J connectivity index is 2.12. The molecule has 0 bridgehead atoms. The van der Waals surface area contributed by atoms with Crippen LogP contribution in [0.2, 0.25) is 5.02 Å². The van der Waals surface area contributed by atoms with Crippen LogP contribution in [0.15, 0.2) is 24.3 Å². The fourth-order valence-electron chi connectivity index (χ4n) is 1.70. The number of alkyl halides is 3. The van der Waals surface area contributed by atoms with Crippen LogP contribution in [0.3, 0.4) is 0 Å². The van der Waals surface area contributed by atoms with E-state index in [0.717, 1.165) is 4.90 Å². The van der Waals surface area contributed by atoms with Gasteiger partial charge in [-0.1, -0.05) is 23.7 Å². The molecule has 1 fully saturated rings. The lowest BCUT2D eigenvalue weighted by Crippen LogP contribution is -2.42. The first-order valence-electron chi connectivity index (χ1n) is 5.50. The molecule has 1 aromatic rings. The van der Waals surface area contributed by atoms with Crippen molar-refractivity contribution in [1.29, 1.82) is 0 Å². The van der Waals surface area contributed by atoms with Gasteiger partial charge < -0.3 is 4.90 Å². The highest BCUT2D eigenvalue weighted by molar-refractivity contribution is 6.30. The zero-order chi connectivity index (χ0) is 13.3. The second kappa shape index (κ2) is 4.80. The molecule has 0 aliphatic heterocycles. The van der Waals surface area contributed by atoms with Crippen LogP contribution in [0, 0.1) is 0 Å². The number of hydrogen-bond donors (Lipinski definition) is 0. The number of amides is 1. The Morgan fingerprint density at radius 2 is 1.83 bits per heavy atom. The number of rotatable bonds is 3. The van der Waals surface area contributed by atoms with Gasteiger partial charge in [0.25, 0.3) is 0 Å². The summed E-state index contributed by atoms with van der Waals surface area (Å²) < 4.78 is 37.3. The molecule has 0 atom stereocenters. The van der Waals surface area contributed by atoms with Gasteiger partial charge in [-0.25, -0.2) is 0 Å². The second-order valence-electron chi connectivity index (χ2n) is 4.29. The quantitative estimate of drug-likeness (QED) is 0.829. The Kier molecular flexibility index (Phi) is 3.52. The summed E-state index contributed by atoms with van der Waals surface area (Å²) in [7, 11) is 0. The van der Waals surface area contributed by atoms with Crippen molar-refractivity contribution in [3.8, 4) is 0 Å². The van der Waals surface area contributed by atoms with Crippen LogP contribution in [0.4, 0.5) is 13.2 Å². The fraction of sp³-hybridized carbons (Fsp3) is 0.417. The largest absolute Gasteiger partial charge is 0.471 e. The molecule has 1 aromatic carbocycles. The molecule has 0 radical (unpaired) electrons. The van der Waals surface area contributed by atoms with Crippen molar-refractivity contribution < 1.29 is 18.0 Å². The topological polar surface area (TPSA) is 20.3 Å². The normalized spacial score (nSPS) is 15.6. The first-order chi connectivity index (χ1) is 8.38. The van der Waals surface area contributed by atoms with Crippen molar-refractivity contribution in [2.45, 2.75) is 31.6 Å². The molecular formula is C12H11ClF3NO. The molecule has 6 heteroatoms. The maximum absolute atomic E-state index is 12.4. The molecule has 1 aliphatic rings. The molecule has 18 heavy (non-hydrogen) atoms. The van der Waals surface area contributed by atoms with Crippen molar-refractivity contribution in [3.63, 3.8) is 0 Å². The minimum absolute atomic E-state index is 0.0276. The Morgan fingerprint density at radius 3 is 2.28 bits per heavy atom. The average molecular weight is 278 g/mol. The van der Waals surface area contributed by atoms with Gasteiger partial charge in [-0.2, -0.15) is 13.2 Å². The summed E-state index contributed by atoms with van der Waals surface area (Å²) in [5.41, 5.74) is 0.643. The molecule has 0 N–H and O–H groups in total. The second-order valence-corrected chi connectivity index (χ2v) is 4.72. The van der Waals surface area contributed by atoms with Crippen molar-refractivity contribution >= 4 is 17.5 Å². The van der Waals surface area contributed by atoms with E-state index in [1.165, 1.54) is 0 Å². The van der Waals surface area contributed by atoms with E-state index in [-0.39, 0.29) is 12.6 Å². The van der Waals surface area contributed by atoms with E-state index >= 15 is 0 Å². The van der Waals surface area contributed by atoms with E-state index in [9.17, 15) is 18.0 Å². The molecule has 1 aliphatic carbocycles. The van der Waals surface area contributed by atoms with Gasteiger partial charge in [0, 0.05) is 17.6 Å². The summed E-state index contributed by atoms with van der Waals surface area (Å²) in [6, 6.07) is 6.16. The summed E-state index contributed by atoms with van der Waals surface area (Å²) >= 11 is 5.70. The molecule has 0 unspecified atom stereocenters. The highest BCUT2D eigenvalue weighted by Crippen LogP contribution is 2.32. The standard InChI is InChI=1S/C12H11ClF3NO/c13-9-3-1-8(2-4-9)7-17(10-5-6-10)11(18)12(14,15)16/h1-4,10H,5-7H2. The summed E-state index contributed by atoms with van der Waals surface area (Å²) in [5.74, 6) is -1.76. The Morgan fingerprint density at radius 1 is 1.28 bits per heavy atom. The van der Waals surface area contributed by atoms with Crippen LogP contribution >= 0.6 is 11.6 Å². The molecule has 0 heterocycles. The van der Waals surface area contributed by atoms with Crippen molar-refractivity contribution in [2.24, 2.45) is 0 Å². The number of hydrogen-bond acceptors (Lipinski definition) is 1. The van der Waals surface area contributed by atoms with E-state index in [2.05, 4.69) is 0 Å². The molecule has 0 aromatic heterocycles. The lowest BCUT2D eigenvalue weighted by Gasteiger charge is -2.23. The van der Waals surface area contributed by atoms with Crippen LogP contribution in [-0.2, 0) is 11.3 Å². The monoisotopic (exact) mass is 277 g/mol. The van der Waals surface area contributed by atoms with Gasteiger partial charge in [-0.3, -0.25) is 4.79 Å². The number of nitrogens with zero attached hydrogens (tertiary/aromatic N) is 1. The summed E-state index contributed by atoms with van der Waals surface area (Å²) in [6.45, 7) is -0.0276. The molecule has 1 amide bonds. The summed E-state index contributed by atoms with van der Waals surface area (Å²) in [5, 5.41) is 0.513. The number of carbonyl (C=O) groups excluding carboxylic acids is 1. The van der Waals surface area contributed by atoms with Crippen LogP contribution in [-0.4, -0.2) is 23.0 Å². The van der Waals surface area contributed by atoms with Crippen LogP contribution < -0.4 is 0 Å². The van der Waals surface area contributed by atoms with Gasteiger partial charge in [-0.15, -0.1) is 0 Å². The van der Waals surface area contributed by atoms with Crippen LogP contribution in [0.25, 0.3) is 0 Å². The van der Waals surface area contributed by atoms with Crippen molar-refractivity contribution in [1.82, 2.24) is 4.90 Å². The third-order valence-electron chi connectivity index (χ3n) is 2.76. The molecule has 1 saturated carbocycles. The van der Waals surface area contributed by atoms with Crippen molar-refractivity contribution in [3.05, 3.63) is 34.9 Å². The molecular weight excluding hydrogens is 267 g/mol. The first kappa shape index (κ1) is 13.2. The maximum Gasteiger partial charge on any atom is 0.471 e. The first-order valence-corrected chi connectivity index (χ1v) is 5.88. The third kappa shape index (κ3) is 3.16. The fourth-order valence-corrected chi connectivity index (χ4v) is 1.83. The third-order valence-corrected chi connectivity index (χ3v) is 3.01. The number of carbonyl (C=O) groups is 1. The van der Waals surface area contributed by atoms with E-state index in [1.54, 1.807) is 24.3 Å².